The molecule has 0 radical (unpaired) electrons. The Morgan fingerprint density at radius 2 is 1.57 bits per heavy atom. The molecule has 4 heteroatoms. The van der Waals surface area contributed by atoms with E-state index in [0.29, 0.717) is 11.3 Å². The Hall–Kier alpha value is -2.88. The second kappa shape index (κ2) is 7.40. The van der Waals surface area contributed by atoms with Gasteiger partial charge in [-0.2, -0.15) is 0 Å². The molecule has 0 aliphatic rings. The normalized spacial score (nSPS) is 10.6. The molecule has 4 nitrogen and oxygen atoms in total. The van der Waals surface area contributed by atoms with Gasteiger partial charge in [-0.15, -0.1) is 0 Å². The van der Waals surface area contributed by atoms with Crippen LogP contribution in [0.2, 0.25) is 0 Å². The molecule has 0 fully saturated rings. The number of nitrogens with one attached hydrogen (secondary N) is 1. The molecule has 23 heavy (non-hydrogen) atoms. The summed E-state index contributed by atoms with van der Waals surface area (Å²) in [5.74, 6) is -0.207. The van der Waals surface area contributed by atoms with E-state index in [1.807, 2.05) is 43.3 Å². The molecule has 0 unspecified atom stereocenters. The van der Waals surface area contributed by atoms with Crippen LogP contribution in [0.1, 0.15) is 22.8 Å². The van der Waals surface area contributed by atoms with Crippen molar-refractivity contribution >= 4 is 29.1 Å². The van der Waals surface area contributed by atoms with Gasteiger partial charge >= 0.3 is 0 Å². The lowest BCUT2D eigenvalue weighted by Crippen LogP contribution is -2.08. The summed E-state index contributed by atoms with van der Waals surface area (Å²) in [6, 6.07) is 14.7. The van der Waals surface area contributed by atoms with Crippen LogP contribution in [-0.2, 0) is 4.79 Å². The molecular formula is C19H20N2O2. The highest BCUT2D eigenvalue weighted by Gasteiger charge is 2.01. The topological polar surface area (TPSA) is 49.4 Å². The van der Waals surface area contributed by atoms with Gasteiger partial charge in [0, 0.05) is 37.1 Å². The largest absolute Gasteiger partial charge is 0.378 e. The number of hydrogen-bond donors (Lipinski definition) is 1. The molecule has 0 aromatic heterocycles. The smallest absolute Gasteiger partial charge is 0.248 e. The monoisotopic (exact) mass is 308 g/mol. The van der Waals surface area contributed by atoms with E-state index in [0.717, 1.165) is 11.3 Å². The first-order valence-electron chi connectivity index (χ1n) is 7.33. The zero-order valence-corrected chi connectivity index (χ0v) is 13.5. The summed E-state index contributed by atoms with van der Waals surface area (Å²) in [5.41, 5.74) is 3.35. The van der Waals surface area contributed by atoms with E-state index in [4.69, 9.17) is 0 Å². The van der Waals surface area contributed by atoms with Crippen molar-refractivity contribution in [1.29, 1.82) is 0 Å². The first kappa shape index (κ1) is 16.5. The van der Waals surface area contributed by atoms with Crippen molar-refractivity contribution < 1.29 is 9.59 Å². The Morgan fingerprint density at radius 3 is 2.09 bits per heavy atom. The molecule has 0 aliphatic heterocycles. The van der Waals surface area contributed by atoms with Crippen LogP contribution in [0.15, 0.2) is 54.6 Å². The van der Waals surface area contributed by atoms with Crippen molar-refractivity contribution in [3.8, 4) is 0 Å². The Morgan fingerprint density at radius 1 is 0.957 bits per heavy atom. The Kier molecular flexibility index (Phi) is 5.31. The van der Waals surface area contributed by atoms with Crippen molar-refractivity contribution in [1.82, 2.24) is 0 Å². The molecule has 0 spiro atoms. The number of ketones is 1. The minimum Gasteiger partial charge on any atom is -0.378 e. The van der Waals surface area contributed by atoms with Crippen LogP contribution < -0.4 is 10.2 Å². The molecule has 0 bridgehead atoms. The molecule has 1 N–H and O–H groups in total. The van der Waals surface area contributed by atoms with Crippen molar-refractivity contribution in [2.45, 2.75) is 6.92 Å². The number of nitrogens with zero attached hydrogens (tertiary/aromatic N) is 1. The van der Waals surface area contributed by atoms with Gasteiger partial charge in [-0.25, -0.2) is 0 Å². The quantitative estimate of drug-likeness (QED) is 0.678. The van der Waals surface area contributed by atoms with Gasteiger partial charge in [0.25, 0.3) is 0 Å². The molecule has 118 valence electrons. The molecule has 0 heterocycles. The molecule has 0 atom stereocenters. The van der Waals surface area contributed by atoms with E-state index in [9.17, 15) is 9.59 Å². The predicted molar refractivity (Wildman–Crippen MR) is 94.9 cm³/mol. The summed E-state index contributed by atoms with van der Waals surface area (Å²) in [7, 11) is 3.96. The Balaban J connectivity index is 1.97. The van der Waals surface area contributed by atoms with Gasteiger partial charge in [0.1, 0.15) is 0 Å². The first-order chi connectivity index (χ1) is 11.0. The average molecular weight is 308 g/mol. The van der Waals surface area contributed by atoms with Gasteiger partial charge < -0.3 is 10.2 Å². The van der Waals surface area contributed by atoms with Crippen LogP contribution in [0.5, 0.6) is 0 Å². The highest BCUT2D eigenvalue weighted by Crippen LogP contribution is 2.14. The van der Waals surface area contributed by atoms with Gasteiger partial charge in [-0.3, -0.25) is 9.59 Å². The van der Waals surface area contributed by atoms with E-state index < -0.39 is 0 Å². The van der Waals surface area contributed by atoms with Crippen LogP contribution in [0.3, 0.4) is 0 Å². The second-order valence-corrected chi connectivity index (χ2v) is 5.44. The highest BCUT2D eigenvalue weighted by molar-refractivity contribution is 6.02. The summed E-state index contributed by atoms with van der Waals surface area (Å²) in [6.07, 6.45) is 3.25. The Labute approximate surface area is 136 Å². The fourth-order valence-electron chi connectivity index (χ4n) is 2.03. The lowest BCUT2D eigenvalue weighted by molar-refractivity contribution is -0.111. The van der Waals surface area contributed by atoms with Gasteiger partial charge in [0.2, 0.25) is 5.91 Å². The zero-order valence-electron chi connectivity index (χ0n) is 13.5. The molecule has 2 aromatic rings. The maximum Gasteiger partial charge on any atom is 0.248 e. The molecular weight excluding hydrogens is 288 g/mol. The highest BCUT2D eigenvalue weighted by atomic mass is 16.1. The van der Waals surface area contributed by atoms with Crippen LogP contribution in [0, 0.1) is 0 Å². The number of anilines is 2. The predicted octanol–water partition coefficient (Wildman–Crippen LogP) is 3.61. The number of rotatable bonds is 5. The van der Waals surface area contributed by atoms with Crippen LogP contribution in [-0.4, -0.2) is 25.8 Å². The van der Waals surface area contributed by atoms with Gasteiger partial charge in [0.05, 0.1) is 0 Å². The second-order valence-electron chi connectivity index (χ2n) is 5.44. The maximum atomic E-state index is 11.9. The Bertz CT molecular complexity index is 714. The molecule has 0 aliphatic carbocycles. The molecule has 2 aromatic carbocycles. The summed E-state index contributed by atoms with van der Waals surface area (Å²) < 4.78 is 0. The van der Waals surface area contributed by atoms with Crippen molar-refractivity contribution in [2.75, 3.05) is 24.3 Å². The van der Waals surface area contributed by atoms with Crippen LogP contribution in [0.25, 0.3) is 6.08 Å². The fraction of sp³-hybridized carbons (Fsp3) is 0.158. The van der Waals surface area contributed by atoms with Crippen molar-refractivity contribution in [3.05, 3.63) is 65.7 Å². The third kappa shape index (κ3) is 4.81. The lowest BCUT2D eigenvalue weighted by atomic mass is 10.1. The van der Waals surface area contributed by atoms with E-state index in [-0.39, 0.29) is 11.7 Å². The number of amides is 1. The summed E-state index contributed by atoms with van der Waals surface area (Å²) >= 11 is 0. The molecule has 0 saturated carbocycles. The molecule has 0 saturated heterocycles. The maximum absolute atomic E-state index is 11.9. The van der Waals surface area contributed by atoms with Gasteiger partial charge in [-0.05, 0) is 55.0 Å². The van der Waals surface area contributed by atoms with Crippen LogP contribution in [0.4, 0.5) is 11.4 Å². The lowest BCUT2D eigenvalue weighted by Gasteiger charge is -2.11. The summed E-state index contributed by atoms with van der Waals surface area (Å²) in [6.45, 7) is 1.51. The zero-order chi connectivity index (χ0) is 16.8. The van der Waals surface area contributed by atoms with E-state index >= 15 is 0 Å². The van der Waals surface area contributed by atoms with E-state index in [2.05, 4.69) is 5.32 Å². The number of Topliss-reactive ketones (excluding diaryl/α,β-unsaturated/α-hetero) is 1. The van der Waals surface area contributed by atoms with Gasteiger partial charge in [-0.1, -0.05) is 12.1 Å². The van der Waals surface area contributed by atoms with Gasteiger partial charge in [0.15, 0.2) is 5.78 Å². The molecule has 2 rings (SSSR count). The SMILES string of the molecule is CC(=O)c1ccc(NC(=O)/C=C/c2ccc(N(C)C)cc2)cc1. The van der Waals surface area contributed by atoms with E-state index in [1.165, 1.54) is 13.0 Å². The van der Waals surface area contributed by atoms with E-state index in [1.54, 1.807) is 30.3 Å². The summed E-state index contributed by atoms with van der Waals surface area (Å²) in [5, 5.41) is 2.76. The fourth-order valence-corrected chi connectivity index (χ4v) is 2.03. The molecule has 1 amide bonds. The number of carbonyl (C=O) groups is 2. The summed E-state index contributed by atoms with van der Waals surface area (Å²) in [4.78, 5) is 25.1. The first-order valence-corrected chi connectivity index (χ1v) is 7.33. The number of carbonyl (C=O) groups excluding carboxylic acids is 2. The third-order valence-electron chi connectivity index (χ3n) is 3.40. The van der Waals surface area contributed by atoms with Crippen molar-refractivity contribution in [2.24, 2.45) is 0 Å². The van der Waals surface area contributed by atoms with Crippen molar-refractivity contribution in [3.63, 3.8) is 0 Å². The number of hydrogen-bond acceptors (Lipinski definition) is 3. The number of benzene rings is 2. The minimum absolute atomic E-state index is 0.00365. The van der Waals surface area contributed by atoms with Crippen LogP contribution >= 0.6 is 0 Å². The standard InChI is InChI=1S/C19H20N2O2/c1-14(22)16-7-9-17(10-8-16)20-19(23)13-6-15-4-11-18(12-5-15)21(2)3/h4-13H,1-3H3,(H,20,23)/b13-6+. The third-order valence-corrected chi connectivity index (χ3v) is 3.40. The average Bonchev–Trinajstić information content (AvgIpc) is 2.54. The minimum atomic E-state index is -0.211.